The van der Waals surface area contributed by atoms with Crippen molar-refractivity contribution < 1.29 is 0 Å². The van der Waals surface area contributed by atoms with Crippen molar-refractivity contribution in [1.82, 2.24) is 9.80 Å². The zero-order chi connectivity index (χ0) is 14.4. The molecule has 20 heavy (non-hydrogen) atoms. The topological polar surface area (TPSA) is 32.5 Å². The lowest BCUT2D eigenvalue weighted by molar-refractivity contribution is 0.151. The summed E-state index contributed by atoms with van der Waals surface area (Å²) in [6, 6.07) is 11.2. The lowest BCUT2D eigenvalue weighted by atomic mass is 9.95. The largest absolute Gasteiger partial charge is 0.329 e. The second-order valence-electron chi connectivity index (χ2n) is 6.27. The predicted octanol–water partition coefficient (Wildman–Crippen LogP) is 1.83. The fraction of sp³-hybridized carbons (Fsp3) is 0.647. The first-order valence-corrected chi connectivity index (χ1v) is 7.82. The molecular formula is C17H29N3. The van der Waals surface area contributed by atoms with Crippen molar-refractivity contribution >= 4 is 0 Å². The quantitative estimate of drug-likeness (QED) is 0.860. The average Bonchev–Trinajstić information content (AvgIpc) is 2.48. The van der Waals surface area contributed by atoms with Crippen molar-refractivity contribution in [2.45, 2.75) is 25.3 Å². The van der Waals surface area contributed by atoms with Gasteiger partial charge in [0.05, 0.1) is 0 Å². The molecule has 1 heterocycles. The fourth-order valence-electron chi connectivity index (χ4n) is 3.11. The van der Waals surface area contributed by atoms with Gasteiger partial charge in [0, 0.05) is 19.1 Å². The van der Waals surface area contributed by atoms with E-state index in [2.05, 4.69) is 54.2 Å². The van der Waals surface area contributed by atoms with Crippen molar-refractivity contribution in [2.24, 2.45) is 11.7 Å². The van der Waals surface area contributed by atoms with E-state index in [-0.39, 0.29) is 0 Å². The van der Waals surface area contributed by atoms with Crippen molar-refractivity contribution in [3.8, 4) is 0 Å². The van der Waals surface area contributed by atoms with Crippen LogP contribution in [0.2, 0.25) is 0 Å². The van der Waals surface area contributed by atoms with Gasteiger partial charge in [-0.2, -0.15) is 0 Å². The molecule has 2 rings (SSSR count). The highest BCUT2D eigenvalue weighted by Gasteiger charge is 2.21. The van der Waals surface area contributed by atoms with Crippen LogP contribution in [0.15, 0.2) is 30.3 Å². The molecular weight excluding hydrogens is 246 g/mol. The zero-order valence-corrected chi connectivity index (χ0v) is 13.0. The first-order chi connectivity index (χ1) is 9.69. The van der Waals surface area contributed by atoms with Crippen LogP contribution in [0.25, 0.3) is 0 Å². The number of likely N-dealkylation sites (N-methyl/N-ethyl adjacent to an activating group) is 1. The Bertz CT molecular complexity index is 371. The fourth-order valence-corrected chi connectivity index (χ4v) is 3.11. The highest BCUT2D eigenvalue weighted by molar-refractivity contribution is 5.16. The minimum Gasteiger partial charge on any atom is -0.329 e. The number of benzene rings is 1. The van der Waals surface area contributed by atoms with Crippen molar-refractivity contribution in [2.75, 3.05) is 40.3 Å². The minimum absolute atomic E-state index is 0.456. The third kappa shape index (κ3) is 4.58. The normalized spacial score (nSPS) is 19.4. The van der Waals surface area contributed by atoms with Gasteiger partial charge in [0.25, 0.3) is 0 Å². The molecule has 0 aromatic heterocycles. The van der Waals surface area contributed by atoms with Gasteiger partial charge in [-0.15, -0.1) is 0 Å². The molecule has 0 aliphatic carbocycles. The van der Waals surface area contributed by atoms with E-state index < -0.39 is 0 Å². The molecule has 1 saturated heterocycles. The van der Waals surface area contributed by atoms with Gasteiger partial charge < -0.3 is 15.5 Å². The van der Waals surface area contributed by atoms with Gasteiger partial charge >= 0.3 is 0 Å². The summed E-state index contributed by atoms with van der Waals surface area (Å²) in [5, 5.41) is 0. The Morgan fingerprint density at radius 1 is 1.25 bits per heavy atom. The molecule has 3 heteroatoms. The Kier molecular flexibility index (Phi) is 6.02. The third-order valence-corrected chi connectivity index (χ3v) is 4.59. The lowest BCUT2D eigenvalue weighted by Crippen LogP contribution is -2.44. The van der Waals surface area contributed by atoms with Gasteiger partial charge in [-0.3, -0.25) is 0 Å². The van der Waals surface area contributed by atoms with E-state index in [1.807, 2.05) is 0 Å². The molecule has 0 radical (unpaired) electrons. The predicted molar refractivity (Wildman–Crippen MR) is 85.8 cm³/mol. The summed E-state index contributed by atoms with van der Waals surface area (Å²) in [6.45, 7) is 4.40. The molecule has 112 valence electrons. The first kappa shape index (κ1) is 15.5. The molecule has 0 bridgehead atoms. The number of piperidine rings is 1. The van der Waals surface area contributed by atoms with Gasteiger partial charge in [0.15, 0.2) is 0 Å². The summed E-state index contributed by atoms with van der Waals surface area (Å²) < 4.78 is 0. The zero-order valence-electron chi connectivity index (χ0n) is 13.0. The molecule has 1 unspecified atom stereocenters. The van der Waals surface area contributed by atoms with Crippen molar-refractivity contribution in [3.63, 3.8) is 0 Å². The first-order valence-electron chi connectivity index (χ1n) is 7.82. The number of nitrogens with zero attached hydrogens (tertiary/aromatic N) is 2. The molecule has 1 atom stereocenters. The highest BCUT2D eigenvalue weighted by Crippen LogP contribution is 2.18. The van der Waals surface area contributed by atoms with Gasteiger partial charge in [0.2, 0.25) is 0 Å². The van der Waals surface area contributed by atoms with E-state index >= 15 is 0 Å². The van der Waals surface area contributed by atoms with E-state index in [1.54, 1.807) is 0 Å². The molecule has 2 N–H and O–H groups in total. The van der Waals surface area contributed by atoms with Crippen LogP contribution in [-0.2, 0) is 6.42 Å². The molecule has 0 saturated carbocycles. The van der Waals surface area contributed by atoms with Crippen LogP contribution < -0.4 is 5.73 Å². The van der Waals surface area contributed by atoms with E-state index in [4.69, 9.17) is 5.73 Å². The van der Waals surface area contributed by atoms with Crippen LogP contribution in [0.4, 0.5) is 0 Å². The van der Waals surface area contributed by atoms with E-state index in [0.717, 1.165) is 18.9 Å². The van der Waals surface area contributed by atoms with E-state index in [1.165, 1.54) is 38.0 Å². The number of likely N-dealkylation sites (tertiary alicyclic amines) is 1. The summed E-state index contributed by atoms with van der Waals surface area (Å²) in [6.07, 6.45) is 3.70. The molecule has 1 aliphatic rings. The molecule has 3 nitrogen and oxygen atoms in total. The van der Waals surface area contributed by atoms with Crippen LogP contribution in [0.3, 0.4) is 0 Å². The van der Waals surface area contributed by atoms with Crippen molar-refractivity contribution in [3.05, 3.63) is 35.9 Å². The van der Waals surface area contributed by atoms with E-state index in [0.29, 0.717) is 6.04 Å². The monoisotopic (exact) mass is 275 g/mol. The van der Waals surface area contributed by atoms with Crippen LogP contribution in [0.5, 0.6) is 0 Å². The lowest BCUT2D eigenvalue weighted by Gasteiger charge is -2.34. The summed E-state index contributed by atoms with van der Waals surface area (Å²) in [4.78, 5) is 4.91. The summed E-state index contributed by atoms with van der Waals surface area (Å²) in [5.74, 6) is 0.834. The number of nitrogens with two attached hydrogens (primary N) is 1. The standard InChI is InChI=1S/C17H29N3/c1-19-10-8-16(9-11-19)14-20(2)17(13-18)12-15-6-4-3-5-7-15/h3-7,16-17H,8-14,18H2,1-2H3. The van der Waals surface area contributed by atoms with Gasteiger partial charge in [0.1, 0.15) is 0 Å². The highest BCUT2D eigenvalue weighted by atomic mass is 15.1. The molecule has 1 aromatic rings. The maximum Gasteiger partial charge on any atom is 0.0255 e. The second kappa shape index (κ2) is 7.77. The Hall–Kier alpha value is -0.900. The summed E-state index contributed by atoms with van der Waals surface area (Å²) in [7, 11) is 4.46. The molecule has 0 spiro atoms. The van der Waals surface area contributed by atoms with E-state index in [9.17, 15) is 0 Å². The summed E-state index contributed by atoms with van der Waals surface area (Å²) >= 11 is 0. The molecule has 1 aromatic carbocycles. The SMILES string of the molecule is CN1CCC(CN(C)C(CN)Cc2ccccc2)CC1. The molecule has 1 aliphatic heterocycles. The number of hydrogen-bond acceptors (Lipinski definition) is 3. The van der Waals surface area contributed by atoms with Crippen molar-refractivity contribution in [1.29, 1.82) is 0 Å². The van der Waals surface area contributed by atoms with Gasteiger partial charge in [-0.25, -0.2) is 0 Å². The van der Waals surface area contributed by atoms with Crippen LogP contribution in [0.1, 0.15) is 18.4 Å². The molecule has 0 amide bonds. The van der Waals surface area contributed by atoms with Gasteiger partial charge in [-0.1, -0.05) is 30.3 Å². The Balaban J connectivity index is 1.84. The maximum atomic E-state index is 6.00. The van der Waals surface area contributed by atoms with Gasteiger partial charge in [-0.05, 0) is 57.9 Å². The maximum absolute atomic E-state index is 6.00. The Labute approximate surface area is 123 Å². The van der Waals surface area contributed by atoms with Crippen LogP contribution in [0, 0.1) is 5.92 Å². The second-order valence-corrected chi connectivity index (χ2v) is 6.27. The molecule has 1 fully saturated rings. The minimum atomic E-state index is 0.456. The Morgan fingerprint density at radius 2 is 1.90 bits per heavy atom. The van der Waals surface area contributed by atoms with Crippen LogP contribution >= 0.6 is 0 Å². The Morgan fingerprint density at radius 3 is 2.50 bits per heavy atom. The number of rotatable bonds is 6. The summed E-state index contributed by atoms with van der Waals surface area (Å²) in [5.41, 5.74) is 7.39. The number of hydrogen-bond donors (Lipinski definition) is 1. The average molecular weight is 275 g/mol. The third-order valence-electron chi connectivity index (χ3n) is 4.59. The van der Waals surface area contributed by atoms with Crippen LogP contribution in [-0.4, -0.2) is 56.1 Å². The smallest absolute Gasteiger partial charge is 0.0255 e.